The van der Waals surface area contributed by atoms with Crippen LogP contribution in [0.25, 0.3) is 0 Å². The molecule has 3 N–H and O–H groups in total. The Kier molecular flexibility index (Phi) is 8.68. The fraction of sp³-hybridized carbons (Fsp3) is 0.800. The molecular weight excluding hydrogens is 269 g/mol. The highest BCUT2D eigenvalue weighted by atomic mass is 19.4. The quantitative estimate of drug-likeness (QED) is 0.554. The van der Waals surface area contributed by atoms with Gasteiger partial charge in [-0.1, -0.05) is 0 Å². The largest absolute Gasteiger partial charge is 0.481 e. The summed E-state index contributed by atoms with van der Waals surface area (Å²) in [5.74, 6) is -0.897. The molecule has 0 unspecified atom stereocenters. The van der Waals surface area contributed by atoms with Crippen LogP contribution in [0.3, 0.4) is 0 Å². The van der Waals surface area contributed by atoms with Crippen LogP contribution in [-0.4, -0.2) is 49.6 Å². The van der Waals surface area contributed by atoms with E-state index in [1.165, 1.54) is 0 Å². The molecule has 0 spiro atoms. The van der Waals surface area contributed by atoms with Crippen LogP contribution in [0.2, 0.25) is 0 Å². The van der Waals surface area contributed by atoms with Crippen molar-refractivity contribution < 1.29 is 32.6 Å². The maximum atomic E-state index is 11.7. The summed E-state index contributed by atoms with van der Waals surface area (Å²) in [6, 6.07) is -0.522. The number of carboxylic acid groups (broad SMARTS) is 1. The molecule has 0 aromatic heterocycles. The average molecular weight is 286 g/mol. The van der Waals surface area contributed by atoms with Crippen molar-refractivity contribution in [2.75, 3.05) is 26.3 Å². The number of amides is 2. The minimum Gasteiger partial charge on any atom is -0.481 e. The van der Waals surface area contributed by atoms with E-state index in [0.717, 1.165) is 0 Å². The Morgan fingerprint density at radius 2 is 1.74 bits per heavy atom. The lowest BCUT2D eigenvalue weighted by molar-refractivity contribution is -0.173. The Morgan fingerprint density at radius 3 is 2.32 bits per heavy atom. The standard InChI is InChI=1S/C10H17F3N2O4/c11-10(12,13)7-19-6-5-15-9(18)14-4-2-1-3-8(16)17/h1-7H2,(H,16,17)(H2,14,15,18). The molecule has 19 heavy (non-hydrogen) atoms. The van der Waals surface area contributed by atoms with Crippen LogP contribution in [0.4, 0.5) is 18.0 Å². The van der Waals surface area contributed by atoms with E-state index in [-0.39, 0.29) is 19.6 Å². The summed E-state index contributed by atoms with van der Waals surface area (Å²) < 4.78 is 39.3. The number of alkyl halides is 3. The van der Waals surface area contributed by atoms with Crippen LogP contribution in [0.5, 0.6) is 0 Å². The zero-order valence-corrected chi connectivity index (χ0v) is 10.3. The highest BCUT2D eigenvalue weighted by molar-refractivity contribution is 5.73. The average Bonchev–Trinajstić information content (AvgIpc) is 2.26. The van der Waals surface area contributed by atoms with Crippen molar-refractivity contribution in [3.63, 3.8) is 0 Å². The topological polar surface area (TPSA) is 87.7 Å². The maximum absolute atomic E-state index is 11.7. The van der Waals surface area contributed by atoms with E-state index in [2.05, 4.69) is 15.4 Å². The number of halogens is 3. The predicted octanol–water partition coefficient (Wildman–Crippen LogP) is 1.12. The molecule has 0 radical (unpaired) electrons. The van der Waals surface area contributed by atoms with Crippen LogP contribution in [0.15, 0.2) is 0 Å². The number of hydrogen-bond donors (Lipinski definition) is 3. The van der Waals surface area contributed by atoms with Crippen LogP contribution in [-0.2, 0) is 9.53 Å². The number of unbranched alkanes of at least 4 members (excludes halogenated alkanes) is 1. The summed E-state index contributed by atoms with van der Waals surface area (Å²) in [5, 5.41) is 13.1. The van der Waals surface area contributed by atoms with Gasteiger partial charge in [-0.15, -0.1) is 0 Å². The Bertz CT molecular complexity index is 284. The summed E-state index contributed by atoms with van der Waals surface area (Å²) in [6.07, 6.45) is -3.37. The van der Waals surface area contributed by atoms with Gasteiger partial charge in [-0.3, -0.25) is 4.79 Å². The number of hydrogen-bond acceptors (Lipinski definition) is 3. The smallest absolute Gasteiger partial charge is 0.411 e. The second-order valence-corrected chi connectivity index (χ2v) is 3.70. The summed E-state index contributed by atoms with van der Waals surface area (Å²) >= 11 is 0. The molecule has 9 heteroatoms. The molecule has 0 saturated heterocycles. The van der Waals surface area contributed by atoms with Gasteiger partial charge in [-0.2, -0.15) is 13.2 Å². The third-order valence-corrected chi connectivity index (χ3v) is 1.90. The van der Waals surface area contributed by atoms with Crippen molar-refractivity contribution >= 4 is 12.0 Å². The molecule has 0 aromatic carbocycles. The van der Waals surface area contributed by atoms with Gasteiger partial charge in [0.25, 0.3) is 0 Å². The molecule has 0 bridgehead atoms. The third-order valence-electron chi connectivity index (χ3n) is 1.90. The number of carboxylic acids is 1. The van der Waals surface area contributed by atoms with Crippen molar-refractivity contribution in [1.29, 1.82) is 0 Å². The van der Waals surface area contributed by atoms with Gasteiger partial charge in [-0.25, -0.2) is 4.79 Å². The van der Waals surface area contributed by atoms with Crippen molar-refractivity contribution in [2.24, 2.45) is 0 Å². The summed E-state index contributed by atoms with van der Waals surface area (Å²) in [4.78, 5) is 21.3. The first-order chi connectivity index (χ1) is 8.81. The first kappa shape index (κ1) is 17.5. The maximum Gasteiger partial charge on any atom is 0.411 e. The van der Waals surface area contributed by atoms with E-state index in [1.807, 2.05) is 0 Å². The van der Waals surface area contributed by atoms with Gasteiger partial charge in [-0.05, 0) is 12.8 Å². The molecule has 0 aliphatic carbocycles. The van der Waals surface area contributed by atoms with Crippen LogP contribution >= 0.6 is 0 Å². The van der Waals surface area contributed by atoms with E-state index in [1.54, 1.807) is 0 Å². The van der Waals surface area contributed by atoms with Crippen LogP contribution < -0.4 is 10.6 Å². The Labute approximate surface area is 108 Å². The van der Waals surface area contributed by atoms with Gasteiger partial charge in [0.15, 0.2) is 0 Å². The van der Waals surface area contributed by atoms with Gasteiger partial charge < -0.3 is 20.5 Å². The summed E-state index contributed by atoms with van der Waals surface area (Å²) in [6.45, 7) is -1.29. The minimum absolute atomic E-state index is 0.0307. The van der Waals surface area contributed by atoms with Crippen molar-refractivity contribution in [1.82, 2.24) is 10.6 Å². The Morgan fingerprint density at radius 1 is 1.11 bits per heavy atom. The van der Waals surface area contributed by atoms with Gasteiger partial charge in [0.1, 0.15) is 6.61 Å². The van der Waals surface area contributed by atoms with Crippen LogP contribution in [0.1, 0.15) is 19.3 Å². The molecule has 112 valence electrons. The molecule has 0 atom stereocenters. The molecule has 0 aromatic rings. The molecule has 0 heterocycles. The molecule has 0 saturated carbocycles. The zero-order chi connectivity index (χ0) is 14.7. The van der Waals surface area contributed by atoms with E-state index in [0.29, 0.717) is 19.4 Å². The number of aliphatic carboxylic acids is 1. The summed E-state index contributed by atoms with van der Waals surface area (Å²) in [7, 11) is 0. The van der Waals surface area contributed by atoms with Crippen LogP contribution in [0, 0.1) is 0 Å². The Balaban J connectivity index is 3.33. The second kappa shape index (κ2) is 9.42. The lowest BCUT2D eigenvalue weighted by atomic mass is 10.2. The fourth-order valence-corrected chi connectivity index (χ4v) is 1.09. The van der Waals surface area contributed by atoms with E-state index in [9.17, 15) is 22.8 Å². The fourth-order valence-electron chi connectivity index (χ4n) is 1.09. The number of urea groups is 1. The number of carbonyl (C=O) groups excluding carboxylic acids is 1. The lowest BCUT2D eigenvalue weighted by Crippen LogP contribution is -2.38. The number of carbonyl (C=O) groups is 2. The first-order valence-electron chi connectivity index (χ1n) is 5.69. The second-order valence-electron chi connectivity index (χ2n) is 3.70. The Hall–Kier alpha value is -1.51. The molecule has 0 rings (SSSR count). The van der Waals surface area contributed by atoms with Gasteiger partial charge in [0.05, 0.1) is 6.61 Å². The minimum atomic E-state index is -4.37. The lowest BCUT2D eigenvalue weighted by Gasteiger charge is -2.09. The third kappa shape index (κ3) is 14.4. The molecule has 0 aliphatic heterocycles. The molecule has 2 amide bonds. The van der Waals surface area contributed by atoms with Crippen molar-refractivity contribution in [3.05, 3.63) is 0 Å². The van der Waals surface area contributed by atoms with Gasteiger partial charge >= 0.3 is 18.2 Å². The SMILES string of the molecule is O=C(O)CCCCNC(=O)NCCOCC(F)(F)F. The van der Waals surface area contributed by atoms with Gasteiger partial charge in [0.2, 0.25) is 0 Å². The summed E-state index contributed by atoms with van der Waals surface area (Å²) in [5.41, 5.74) is 0. The monoisotopic (exact) mass is 286 g/mol. The number of ether oxygens (including phenoxy) is 1. The highest BCUT2D eigenvalue weighted by Crippen LogP contribution is 2.13. The normalized spacial score (nSPS) is 11.1. The van der Waals surface area contributed by atoms with E-state index < -0.39 is 24.8 Å². The van der Waals surface area contributed by atoms with E-state index in [4.69, 9.17) is 5.11 Å². The highest BCUT2D eigenvalue weighted by Gasteiger charge is 2.27. The molecular formula is C10H17F3N2O4. The number of nitrogens with one attached hydrogen (secondary N) is 2. The number of rotatable bonds is 9. The van der Waals surface area contributed by atoms with E-state index >= 15 is 0 Å². The molecule has 6 nitrogen and oxygen atoms in total. The molecule has 0 fully saturated rings. The van der Waals surface area contributed by atoms with Crippen molar-refractivity contribution in [3.8, 4) is 0 Å². The van der Waals surface area contributed by atoms with Crippen molar-refractivity contribution in [2.45, 2.75) is 25.4 Å². The first-order valence-corrected chi connectivity index (χ1v) is 5.69. The predicted molar refractivity (Wildman–Crippen MR) is 59.8 cm³/mol. The molecule has 0 aliphatic rings. The zero-order valence-electron chi connectivity index (χ0n) is 10.3. The van der Waals surface area contributed by atoms with Gasteiger partial charge in [0, 0.05) is 19.5 Å².